The maximum atomic E-state index is 13.1. The van der Waals surface area contributed by atoms with Gasteiger partial charge in [0.25, 0.3) is 0 Å². The molecular weight excluding hydrogens is 349 g/mol. The number of carbonyl (C=O) groups is 1. The Balaban J connectivity index is 1.55. The van der Waals surface area contributed by atoms with E-state index in [-0.39, 0.29) is 31.3 Å². The highest BCUT2D eigenvalue weighted by molar-refractivity contribution is 5.73. The zero-order valence-electron chi connectivity index (χ0n) is 14.0. The first kappa shape index (κ1) is 18.2. The van der Waals surface area contributed by atoms with E-state index in [9.17, 15) is 18.0 Å². The van der Waals surface area contributed by atoms with Gasteiger partial charge in [-0.05, 0) is 5.56 Å². The number of amides is 2. The molecule has 1 aromatic heterocycles. The lowest BCUT2D eigenvalue weighted by Crippen LogP contribution is -2.37. The lowest BCUT2D eigenvalue weighted by atomic mass is 10.1. The van der Waals surface area contributed by atoms with Crippen LogP contribution < -0.4 is 10.6 Å². The number of fused-ring (bicyclic) bond motifs is 1. The first-order valence-electron chi connectivity index (χ1n) is 8.24. The summed E-state index contributed by atoms with van der Waals surface area (Å²) in [6.45, 7) is 0.986. The molecule has 0 saturated carbocycles. The second-order valence-corrected chi connectivity index (χ2v) is 5.89. The summed E-state index contributed by atoms with van der Waals surface area (Å²) in [5.41, 5.74) is 0.673. The number of rotatable bonds is 5. The smallest absolute Gasteiger partial charge is 0.376 e. The minimum Gasteiger partial charge on any atom is -0.376 e. The van der Waals surface area contributed by atoms with Gasteiger partial charge in [-0.15, -0.1) is 0 Å². The molecule has 140 valence electrons. The van der Waals surface area contributed by atoms with Gasteiger partial charge in [0.05, 0.1) is 19.8 Å². The number of ether oxygens (including phenoxy) is 1. The van der Waals surface area contributed by atoms with Crippen LogP contribution in [0.3, 0.4) is 0 Å². The van der Waals surface area contributed by atoms with Crippen molar-refractivity contribution < 1.29 is 22.7 Å². The number of alkyl halides is 3. The maximum absolute atomic E-state index is 13.1. The highest BCUT2D eigenvalue weighted by Gasteiger charge is 2.39. The monoisotopic (exact) mass is 368 g/mol. The molecule has 9 heteroatoms. The fraction of sp³-hybridized carbons (Fsp3) is 0.412. The molecule has 0 unspecified atom stereocenters. The normalized spacial score (nSPS) is 14.0. The van der Waals surface area contributed by atoms with Crippen molar-refractivity contribution >= 4 is 6.03 Å². The van der Waals surface area contributed by atoms with Crippen LogP contribution in [0.25, 0.3) is 0 Å². The van der Waals surface area contributed by atoms with E-state index in [4.69, 9.17) is 4.74 Å². The number of aromatic nitrogens is 2. The quantitative estimate of drug-likeness (QED) is 0.852. The maximum Gasteiger partial charge on any atom is 0.435 e. The number of carbonyl (C=O) groups excluding carboxylic acids is 1. The Kier molecular flexibility index (Phi) is 5.46. The van der Waals surface area contributed by atoms with Crippen LogP contribution in [0.15, 0.2) is 30.3 Å². The fourth-order valence-corrected chi connectivity index (χ4v) is 2.84. The third-order valence-electron chi connectivity index (χ3n) is 4.07. The second kappa shape index (κ2) is 7.77. The van der Waals surface area contributed by atoms with Crippen LogP contribution in [-0.4, -0.2) is 29.0 Å². The van der Waals surface area contributed by atoms with Crippen LogP contribution in [0.5, 0.6) is 0 Å². The van der Waals surface area contributed by atoms with E-state index in [0.29, 0.717) is 25.3 Å². The molecule has 0 bridgehead atoms. The minimum absolute atomic E-state index is 0.0881. The molecule has 2 N–H and O–H groups in total. The first-order valence-corrected chi connectivity index (χ1v) is 8.24. The molecule has 26 heavy (non-hydrogen) atoms. The Morgan fingerprint density at radius 1 is 1.23 bits per heavy atom. The lowest BCUT2D eigenvalue weighted by Gasteiger charge is -2.15. The number of halogens is 3. The molecule has 2 amide bonds. The Bertz CT molecular complexity index is 759. The number of hydrogen-bond acceptors (Lipinski definition) is 3. The summed E-state index contributed by atoms with van der Waals surface area (Å²) in [4.78, 5) is 11.8. The van der Waals surface area contributed by atoms with E-state index in [1.165, 1.54) is 4.68 Å². The summed E-state index contributed by atoms with van der Waals surface area (Å²) in [7, 11) is 0. The van der Waals surface area contributed by atoms with Gasteiger partial charge in [0.1, 0.15) is 0 Å². The van der Waals surface area contributed by atoms with E-state index >= 15 is 0 Å². The summed E-state index contributed by atoms with van der Waals surface area (Å²) >= 11 is 0. The number of hydrogen-bond donors (Lipinski definition) is 2. The first-order chi connectivity index (χ1) is 12.4. The van der Waals surface area contributed by atoms with E-state index < -0.39 is 11.9 Å². The molecule has 0 fully saturated rings. The number of urea groups is 1. The minimum atomic E-state index is -4.52. The summed E-state index contributed by atoms with van der Waals surface area (Å²) in [6.07, 6.45) is -4.14. The van der Waals surface area contributed by atoms with Crippen molar-refractivity contribution in [3.63, 3.8) is 0 Å². The molecule has 1 aliphatic rings. The van der Waals surface area contributed by atoms with Crippen molar-refractivity contribution in [2.24, 2.45) is 0 Å². The zero-order valence-corrected chi connectivity index (χ0v) is 14.0. The zero-order chi connectivity index (χ0) is 18.6. The Hall–Kier alpha value is -2.55. The molecule has 2 heterocycles. The van der Waals surface area contributed by atoms with Crippen molar-refractivity contribution in [2.75, 3.05) is 13.2 Å². The van der Waals surface area contributed by atoms with Crippen LogP contribution in [0, 0.1) is 0 Å². The van der Waals surface area contributed by atoms with Crippen LogP contribution in [0.1, 0.15) is 22.5 Å². The fourth-order valence-electron chi connectivity index (χ4n) is 2.84. The predicted octanol–water partition coefficient (Wildman–Crippen LogP) is 2.47. The summed E-state index contributed by atoms with van der Waals surface area (Å²) in [5, 5.41) is 9.02. The van der Waals surface area contributed by atoms with Crippen molar-refractivity contribution in [3.05, 3.63) is 52.8 Å². The highest BCUT2D eigenvalue weighted by Crippen LogP contribution is 2.34. The molecule has 0 spiro atoms. The topological polar surface area (TPSA) is 68.2 Å². The van der Waals surface area contributed by atoms with Crippen LogP contribution in [-0.2, 0) is 37.0 Å². The van der Waals surface area contributed by atoms with Gasteiger partial charge in [-0.25, -0.2) is 4.79 Å². The lowest BCUT2D eigenvalue weighted by molar-refractivity contribution is -0.142. The molecule has 6 nitrogen and oxygen atoms in total. The molecule has 1 aromatic carbocycles. The van der Waals surface area contributed by atoms with Crippen molar-refractivity contribution in [1.82, 2.24) is 20.4 Å². The average Bonchev–Trinajstić information content (AvgIpc) is 3.00. The second-order valence-electron chi connectivity index (χ2n) is 5.89. The predicted molar refractivity (Wildman–Crippen MR) is 87.3 cm³/mol. The van der Waals surface area contributed by atoms with E-state index in [1.807, 2.05) is 30.3 Å². The van der Waals surface area contributed by atoms with Gasteiger partial charge in [0, 0.05) is 30.8 Å². The van der Waals surface area contributed by atoms with Crippen LogP contribution in [0.4, 0.5) is 18.0 Å². The average molecular weight is 368 g/mol. The third kappa shape index (κ3) is 4.34. The largest absolute Gasteiger partial charge is 0.435 e. The van der Waals surface area contributed by atoms with E-state index in [2.05, 4.69) is 15.7 Å². The molecule has 1 aliphatic heterocycles. The van der Waals surface area contributed by atoms with Crippen molar-refractivity contribution in [2.45, 2.75) is 32.3 Å². The summed E-state index contributed by atoms with van der Waals surface area (Å²) in [5.74, 6) is 0. The molecular formula is C17H19F3N4O2. The molecule has 0 saturated heterocycles. The summed E-state index contributed by atoms with van der Waals surface area (Å²) in [6, 6.07) is 9.02. The van der Waals surface area contributed by atoms with E-state index in [0.717, 1.165) is 5.56 Å². The molecule has 3 rings (SSSR count). The van der Waals surface area contributed by atoms with Gasteiger partial charge in [-0.2, -0.15) is 18.3 Å². The van der Waals surface area contributed by atoms with Crippen LogP contribution >= 0.6 is 0 Å². The van der Waals surface area contributed by atoms with Crippen molar-refractivity contribution in [1.29, 1.82) is 0 Å². The van der Waals surface area contributed by atoms with Gasteiger partial charge in [-0.3, -0.25) is 4.68 Å². The van der Waals surface area contributed by atoms with Gasteiger partial charge in [-0.1, -0.05) is 30.3 Å². The number of benzene rings is 1. The third-order valence-corrected chi connectivity index (χ3v) is 4.07. The van der Waals surface area contributed by atoms with Gasteiger partial charge in [0.15, 0.2) is 5.69 Å². The van der Waals surface area contributed by atoms with Gasteiger partial charge in [0.2, 0.25) is 0 Å². The highest BCUT2D eigenvalue weighted by atomic mass is 19.4. The number of nitrogens with one attached hydrogen (secondary N) is 2. The van der Waals surface area contributed by atoms with E-state index in [1.54, 1.807) is 0 Å². The molecule has 0 atom stereocenters. The SMILES string of the molecule is O=C(NCCn1nc(C(F)(F)F)c2c1CCOC2)NCc1ccccc1. The Morgan fingerprint density at radius 3 is 2.73 bits per heavy atom. The Labute approximate surface area is 148 Å². The van der Waals surface area contributed by atoms with Gasteiger partial charge < -0.3 is 15.4 Å². The van der Waals surface area contributed by atoms with Crippen LogP contribution in [0.2, 0.25) is 0 Å². The van der Waals surface area contributed by atoms with Crippen molar-refractivity contribution in [3.8, 4) is 0 Å². The standard InChI is InChI=1S/C17H19F3N4O2/c18-17(19,20)15-13-11-26-9-6-14(13)24(23-15)8-7-21-16(25)22-10-12-4-2-1-3-5-12/h1-5H,6-11H2,(H2,21,22,25). The summed E-state index contributed by atoms with van der Waals surface area (Å²) < 4.78 is 45.7. The Morgan fingerprint density at radius 2 is 2.00 bits per heavy atom. The molecule has 0 radical (unpaired) electrons. The molecule has 2 aromatic rings. The van der Waals surface area contributed by atoms with Gasteiger partial charge >= 0.3 is 12.2 Å². The molecule has 0 aliphatic carbocycles. The number of nitrogens with zero attached hydrogens (tertiary/aromatic N) is 2.